The minimum atomic E-state index is 0.611. The minimum Gasteiger partial charge on any atom is -0.435 e. The first-order valence-electron chi connectivity index (χ1n) is 18.4. The number of hydrogen-bond donors (Lipinski definition) is 0. The van der Waals surface area contributed by atoms with Crippen LogP contribution in [0.15, 0.2) is 186 Å². The van der Waals surface area contributed by atoms with Crippen molar-refractivity contribution in [1.29, 1.82) is 0 Å². The first-order chi connectivity index (χ1) is 27.2. The summed E-state index contributed by atoms with van der Waals surface area (Å²) in [6, 6.07) is 62.9. The van der Waals surface area contributed by atoms with Gasteiger partial charge in [-0.3, -0.25) is 0 Å². The van der Waals surface area contributed by atoms with Gasteiger partial charge in [-0.15, -0.1) is 0 Å². The van der Waals surface area contributed by atoms with Gasteiger partial charge in [-0.2, -0.15) is 0 Å². The van der Waals surface area contributed by atoms with E-state index in [4.69, 9.17) is 24.4 Å². The van der Waals surface area contributed by atoms with E-state index in [1.54, 1.807) is 0 Å². The Bertz CT molecular complexity index is 3270. The van der Waals surface area contributed by atoms with Gasteiger partial charge in [-0.05, 0) is 73.8 Å². The molecule has 2 aromatic heterocycles. The number of hydrogen-bond acceptors (Lipinski definition) is 5. The van der Waals surface area contributed by atoms with E-state index in [1.165, 1.54) is 5.39 Å². The van der Waals surface area contributed by atoms with Crippen LogP contribution in [0.4, 0.5) is 0 Å². The maximum atomic E-state index is 6.51. The van der Waals surface area contributed by atoms with Gasteiger partial charge in [0.15, 0.2) is 23.1 Å². The molecule has 0 aliphatic rings. The van der Waals surface area contributed by atoms with Crippen LogP contribution in [-0.2, 0) is 0 Å². The smallest absolute Gasteiger partial charge is 0.227 e. The second kappa shape index (κ2) is 12.6. The Morgan fingerprint density at radius 1 is 0.309 bits per heavy atom. The molecule has 2 heterocycles. The fourth-order valence-corrected chi connectivity index (χ4v) is 7.80. The summed E-state index contributed by atoms with van der Waals surface area (Å²) in [5, 5.41) is 8.90. The maximum absolute atomic E-state index is 6.51. The van der Waals surface area contributed by atoms with Crippen LogP contribution in [0.1, 0.15) is 0 Å². The van der Waals surface area contributed by atoms with Crippen molar-refractivity contribution in [3.63, 3.8) is 0 Å². The number of rotatable bonds is 5. The van der Waals surface area contributed by atoms with E-state index < -0.39 is 0 Å². The molecule has 0 aliphatic carbocycles. The van der Waals surface area contributed by atoms with E-state index in [0.29, 0.717) is 23.4 Å². The van der Waals surface area contributed by atoms with Crippen LogP contribution in [0.3, 0.4) is 0 Å². The summed E-state index contributed by atoms with van der Waals surface area (Å²) in [6.07, 6.45) is 0. The second-order valence-electron chi connectivity index (χ2n) is 13.8. The Morgan fingerprint density at radius 2 is 0.891 bits per heavy atom. The van der Waals surface area contributed by atoms with Gasteiger partial charge in [0.25, 0.3) is 0 Å². The molecule has 0 atom stereocenters. The Labute approximate surface area is 316 Å². The normalized spacial score (nSPS) is 11.6. The molecular formula is C50H30N4O. The molecule has 0 bridgehead atoms. The zero-order chi connectivity index (χ0) is 36.3. The lowest BCUT2D eigenvalue weighted by molar-refractivity contribution is 0.623. The summed E-state index contributed by atoms with van der Waals surface area (Å²) in [5.74, 6) is 2.49. The zero-order valence-electron chi connectivity index (χ0n) is 29.5. The third-order valence-corrected chi connectivity index (χ3v) is 10.5. The average Bonchev–Trinajstić information content (AvgIpc) is 3.73. The molecule has 11 aromatic rings. The molecule has 0 saturated heterocycles. The van der Waals surface area contributed by atoms with Gasteiger partial charge in [-0.1, -0.05) is 152 Å². The van der Waals surface area contributed by atoms with Gasteiger partial charge in [0, 0.05) is 33.0 Å². The Hall–Kier alpha value is -7.50. The Kier molecular flexibility index (Phi) is 7.10. The number of oxazole rings is 1. The van der Waals surface area contributed by atoms with Gasteiger partial charge in [0.1, 0.15) is 5.52 Å². The van der Waals surface area contributed by atoms with Gasteiger partial charge in [0.05, 0.1) is 0 Å². The van der Waals surface area contributed by atoms with Crippen LogP contribution < -0.4 is 0 Å². The first kappa shape index (κ1) is 31.1. The topological polar surface area (TPSA) is 64.7 Å². The highest BCUT2D eigenvalue weighted by atomic mass is 16.3. The summed E-state index contributed by atoms with van der Waals surface area (Å²) in [5.41, 5.74) is 7.51. The van der Waals surface area contributed by atoms with Gasteiger partial charge < -0.3 is 4.42 Å². The standard InChI is InChI=1S/C50H30N4O/c1-2-14-33(15-3-1)50-51-45-44-30-36(26-27-41(44)40-21-8-9-22-42(40)46(45)55-50)35-18-10-19-37(29-35)47-52-48(38-25-24-31-12-4-5-16-34(31)28-38)54-49(53-47)43-23-11-17-32-13-6-7-20-39(32)43/h1-30H. The lowest BCUT2D eigenvalue weighted by Gasteiger charge is -2.12. The molecule has 5 nitrogen and oxygen atoms in total. The molecule has 5 heteroatoms. The van der Waals surface area contributed by atoms with Crippen LogP contribution in [0.25, 0.3) is 111 Å². The first-order valence-corrected chi connectivity index (χ1v) is 18.4. The number of aromatic nitrogens is 4. The molecule has 0 unspecified atom stereocenters. The molecule has 0 aliphatic heterocycles. The van der Waals surface area contributed by atoms with E-state index in [9.17, 15) is 0 Å². The van der Waals surface area contributed by atoms with Crippen LogP contribution in [0.2, 0.25) is 0 Å². The van der Waals surface area contributed by atoms with Crippen molar-refractivity contribution in [3.05, 3.63) is 182 Å². The molecule has 0 radical (unpaired) electrons. The van der Waals surface area contributed by atoms with Crippen molar-refractivity contribution in [2.45, 2.75) is 0 Å². The Balaban J connectivity index is 1.08. The molecule has 0 N–H and O–H groups in total. The zero-order valence-corrected chi connectivity index (χ0v) is 29.5. The molecule has 0 spiro atoms. The van der Waals surface area contributed by atoms with Gasteiger partial charge >= 0.3 is 0 Å². The fourth-order valence-electron chi connectivity index (χ4n) is 7.80. The van der Waals surface area contributed by atoms with E-state index in [-0.39, 0.29) is 0 Å². The third kappa shape index (κ3) is 5.33. The van der Waals surface area contributed by atoms with Crippen molar-refractivity contribution < 1.29 is 4.42 Å². The number of fused-ring (bicyclic) bond motifs is 8. The Morgan fingerprint density at radius 3 is 1.75 bits per heavy atom. The molecular weight excluding hydrogens is 673 g/mol. The quantitative estimate of drug-likeness (QED) is 0.167. The van der Waals surface area contributed by atoms with E-state index >= 15 is 0 Å². The molecule has 0 fully saturated rings. The summed E-state index contributed by atoms with van der Waals surface area (Å²) in [6.45, 7) is 0. The molecule has 0 amide bonds. The van der Waals surface area contributed by atoms with Crippen molar-refractivity contribution in [2.75, 3.05) is 0 Å². The molecule has 9 aromatic carbocycles. The van der Waals surface area contributed by atoms with Crippen molar-refractivity contribution in [2.24, 2.45) is 0 Å². The average molecular weight is 703 g/mol. The predicted molar refractivity (Wildman–Crippen MR) is 225 cm³/mol. The second-order valence-corrected chi connectivity index (χ2v) is 13.8. The number of nitrogens with zero attached hydrogens (tertiary/aromatic N) is 4. The summed E-state index contributed by atoms with van der Waals surface area (Å²) < 4.78 is 6.51. The highest BCUT2D eigenvalue weighted by Crippen LogP contribution is 2.39. The number of benzene rings is 9. The summed E-state index contributed by atoms with van der Waals surface area (Å²) >= 11 is 0. The monoisotopic (exact) mass is 702 g/mol. The largest absolute Gasteiger partial charge is 0.435 e. The maximum Gasteiger partial charge on any atom is 0.227 e. The fraction of sp³-hybridized carbons (Fsp3) is 0. The molecule has 256 valence electrons. The van der Waals surface area contributed by atoms with Crippen molar-refractivity contribution in [1.82, 2.24) is 19.9 Å². The van der Waals surface area contributed by atoms with Crippen molar-refractivity contribution >= 4 is 54.2 Å². The predicted octanol–water partition coefficient (Wildman–Crippen LogP) is 13.0. The third-order valence-electron chi connectivity index (χ3n) is 10.5. The molecule has 11 rings (SSSR count). The SMILES string of the molecule is c1ccc(-c2nc3c4cc(-c5cccc(-c6nc(-c7ccc8ccccc8c7)nc(-c7cccc8ccccc78)n6)c5)ccc4c4ccccc4c3o2)cc1. The van der Waals surface area contributed by atoms with E-state index in [2.05, 4.69) is 152 Å². The highest BCUT2D eigenvalue weighted by molar-refractivity contribution is 6.23. The van der Waals surface area contributed by atoms with Crippen LogP contribution in [0, 0.1) is 0 Å². The van der Waals surface area contributed by atoms with Crippen LogP contribution >= 0.6 is 0 Å². The lowest BCUT2D eigenvalue weighted by Crippen LogP contribution is -2.00. The van der Waals surface area contributed by atoms with Gasteiger partial charge in [-0.25, -0.2) is 19.9 Å². The van der Waals surface area contributed by atoms with E-state index in [0.717, 1.165) is 82.2 Å². The minimum absolute atomic E-state index is 0.611. The molecule has 0 saturated carbocycles. The lowest BCUT2D eigenvalue weighted by atomic mass is 9.95. The van der Waals surface area contributed by atoms with Crippen LogP contribution in [0.5, 0.6) is 0 Å². The van der Waals surface area contributed by atoms with E-state index in [1.807, 2.05) is 30.3 Å². The van der Waals surface area contributed by atoms with Gasteiger partial charge in [0.2, 0.25) is 5.89 Å². The summed E-state index contributed by atoms with van der Waals surface area (Å²) in [4.78, 5) is 20.5. The van der Waals surface area contributed by atoms with Crippen LogP contribution in [-0.4, -0.2) is 19.9 Å². The highest BCUT2D eigenvalue weighted by Gasteiger charge is 2.18. The molecule has 55 heavy (non-hydrogen) atoms. The van der Waals surface area contributed by atoms with Crippen molar-refractivity contribution in [3.8, 4) is 56.7 Å². The summed E-state index contributed by atoms with van der Waals surface area (Å²) in [7, 11) is 0.